The molecule has 24 heavy (non-hydrogen) atoms. The molecule has 1 rings (SSSR count). The molecule has 0 aliphatic carbocycles. The van der Waals surface area contributed by atoms with Crippen LogP contribution in [-0.4, -0.2) is 46.7 Å². The standard InChI is InChI=1S/C16H24N2O5S/c1-5-18(15(22)23-16(2,3)4)9-13(19)17-12(8-14(20)21)11-6-7-24-10-11/h6-7,10,12H,5,8-9H2,1-4H3,(H,17,19)(H,20,21). The van der Waals surface area contributed by atoms with E-state index in [9.17, 15) is 14.4 Å². The molecule has 0 aliphatic rings. The van der Waals surface area contributed by atoms with E-state index in [0.29, 0.717) is 6.54 Å². The molecule has 0 spiro atoms. The highest BCUT2D eigenvalue weighted by atomic mass is 32.1. The number of hydrogen-bond acceptors (Lipinski definition) is 5. The van der Waals surface area contributed by atoms with Gasteiger partial charge in [-0.3, -0.25) is 14.5 Å². The van der Waals surface area contributed by atoms with Gasteiger partial charge in [-0.1, -0.05) is 0 Å². The van der Waals surface area contributed by atoms with Crippen LogP contribution >= 0.6 is 11.3 Å². The van der Waals surface area contributed by atoms with Gasteiger partial charge in [-0.15, -0.1) is 0 Å². The number of amides is 2. The molecule has 0 aliphatic heterocycles. The number of nitrogens with zero attached hydrogens (tertiary/aromatic N) is 1. The van der Waals surface area contributed by atoms with Crippen molar-refractivity contribution >= 4 is 29.3 Å². The number of likely N-dealkylation sites (N-methyl/N-ethyl adjacent to an activating group) is 1. The fourth-order valence-corrected chi connectivity index (χ4v) is 2.66. The van der Waals surface area contributed by atoms with Crippen molar-refractivity contribution in [3.63, 3.8) is 0 Å². The number of carbonyl (C=O) groups is 3. The Morgan fingerprint density at radius 3 is 2.50 bits per heavy atom. The molecule has 0 saturated heterocycles. The summed E-state index contributed by atoms with van der Waals surface area (Å²) in [6.07, 6.45) is -0.799. The monoisotopic (exact) mass is 356 g/mol. The van der Waals surface area contributed by atoms with E-state index in [4.69, 9.17) is 9.84 Å². The van der Waals surface area contributed by atoms with Crippen molar-refractivity contribution in [3.05, 3.63) is 22.4 Å². The summed E-state index contributed by atoms with van der Waals surface area (Å²) in [7, 11) is 0. The normalized spacial score (nSPS) is 12.3. The van der Waals surface area contributed by atoms with E-state index < -0.39 is 29.6 Å². The molecule has 7 nitrogen and oxygen atoms in total. The fourth-order valence-electron chi connectivity index (χ4n) is 1.95. The van der Waals surface area contributed by atoms with Gasteiger partial charge in [-0.2, -0.15) is 11.3 Å². The third kappa shape index (κ3) is 6.99. The van der Waals surface area contributed by atoms with Crippen LogP contribution in [0.2, 0.25) is 0 Å². The summed E-state index contributed by atoms with van der Waals surface area (Å²) in [5.41, 5.74) is 0.0832. The number of carboxylic acids is 1. The molecule has 2 N–H and O–H groups in total. The molecule has 1 atom stereocenters. The Kier molecular flexibility index (Phi) is 7.21. The lowest BCUT2D eigenvalue weighted by atomic mass is 10.1. The second-order valence-electron chi connectivity index (χ2n) is 6.27. The Morgan fingerprint density at radius 2 is 2.04 bits per heavy atom. The van der Waals surface area contributed by atoms with E-state index in [-0.39, 0.29) is 13.0 Å². The number of nitrogens with one attached hydrogen (secondary N) is 1. The van der Waals surface area contributed by atoms with Crippen LogP contribution in [0.15, 0.2) is 16.8 Å². The second-order valence-corrected chi connectivity index (χ2v) is 7.05. The van der Waals surface area contributed by atoms with E-state index in [1.807, 2.05) is 5.38 Å². The molecule has 0 aromatic carbocycles. The third-order valence-electron chi connectivity index (χ3n) is 3.03. The Morgan fingerprint density at radius 1 is 1.38 bits per heavy atom. The molecule has 0 radical (unpaired) electrons. The van der Waals surface area contributed by atoms with Gasteiger partial charge in [-0.25, -0.2) is 4.79 Å². The van der Waals surface area contributed by atoms with Gasteiger partial charge in [0.1, 0.15) is 12.1 Å². The first-order chi connectivity index (χ1) is 11.1. The molecule has 1 unspecified atom stereocenters. The first kappa shape index (κ1) is 20.0. The molecular formula is C16H24N2O5S. The van der Waals surface area contributed by atoms with Crippen LogP contribution in [-0.2, 0) is 14.3 Å². The first-order valence-electron chi connectivity index (χ1n) is 7.63. The van der Waals surface area contributed by atoms with Gasteiger partial charge in [0.2, 0.25) is 5.91 Å². The maximum Gasteiger partial charge on any atom is 0.410 e. The predicted octanol–water partition coefficient (Wildman–Crippen LogP) is 2.64. The average molecular weight is 356 g/mol. The minimum absolute atomic E-state index is 0.189. The summed E-state index contributed by atoms with van der Waals surface area (Å²) in [5.74, 6) is -1.44. The molecule has 0 saturated carbocycles. The van der Waals surface area contributed by atoms with E-state index in [1.165, 1.54) is 16.2 Å². The maximum absolute atomic E-state index is 12.2. The highest BCUT2D eigenvalue weighted by Gasteiger charge is 2.24. The van der Waals surface area contributed by atoms with Crippen molar-refractivity contribution in [1.29, 1.82) is 0 Å². The second kappa shape index (κ2) is 8.68. The van der Waals surface area contributed by atoms with Crippen molar-refractivity contribution in [2.45, 2.75) is 45.8 Å². The lowest BCUT2D eigenvalue weighted by Crippen LogP contribution is -2.44. The number of ether oxygens (including phenoxy) is 1. The molecule has 0 fully saturated rings. The van der Waals surface area contributed by atoms with Crippen LogP contribution in [0.1, 0.15) is 45.7 Å². The van der Waals surface area contributed by atoms with E-state index in [0.717, 1.165) is 5.56 Å². The number of rotatable bonds is 7. The minimum Gasteiger partial charge on any atom is -0.481 e. The Bertz CT molecular complexity index is 566. The molecular weight excluding hydrogens is 332 g/mol. The van der Waals surface area contributed by atoms with E-state index in [1.54, 1.807) is 39.1 Å². The molecule has 1 heterocycles. The lowest BCUT2D eigenvalue weighted by Gasteiger charge is -2.26. The van der Waals surface area contributed by atoms with Gasteiger partial charge < -0.3 is 15.2 Å². The molecule has 2 amide bonds. The van der Waals surface area contributed by atoms with Crippen LogP contribution in [0.4, 0.5) is 4.79 Å². The van der Waals surface area contributed by atoms with Crippen LogP contribution < -0.4 is 5.32 Å². The highest BCUT2D eigenvalue weighted by Crippen LogP contribution is 2.19. The molecule has 0 bridgehead atoms. The molecule has 134 valence electrons. The fraction of sp³-hybridized carbons (Fsp3) is 0.562. The van der Waals surface area contributed by atoms with Gasteiger partial charge in [0.25, 0.3) is 0 Å². The lowest BCUT2D eigenvalue weighted by molar-refractivity contribution is -0.137. The van der Waals surface area contributed by atoms with E-state index >= 15 is 0 Å². The first-order valence-corrected chi connectivity index (χ1v) is 8.57. The predicted molar refractivity (Wildman–Crippen MR) is 90.9 cm³/mol. The quantitative estimate of drug-likeness (QED) is 0.783. The van der Waals surface area contributed by atoms with Crippen LogP contribution in [0.5, 0.6) is 0 Å². The van der Waals surface area contributed by atoms with Crippen LogP contribution in [0, 0.1) is 0 Å². The largest absolute Gasteiger partial charge is 0.481 e. The van der Waals surface area contributed by atoms with Gasteiger partial charge in [0, 0.05) is 6.54 Å². The van der Waals surface area contributed by atoms with Crippen LogP contribution in [0.25, 0.3) is 0 Å². The number of carboxylic acid groups (broad SMARTS) is 1. The Hall–Kier alpha value is -2.09. The maximum atomic E-state index is 12.2. The SMILES string of the molecule is CCN(CC(=O)NC(CC(=O)O)c1ccsc1)C(=O)OC(C)(C)C. The van der Waals surface area contributed by atoms with Gasteiger partial charge >= 0.3 is 12.1 Å². The summed E-state index contributed by atoms with van der Waals surface area (Å²) in [6, 6.07) is 1.14. The van der Waals surface area contributed by atoms with Crippen molar-refractivity contribution < 1.29 is 24.2 Å². The number of carbonyl (C=O) groups excluding carboxylic acids is 2. The Balaban J connectivity index is 2.70. The van der Waals surface area contributed by atoms with Crippen molar-refractivity contribution in [2.24, 2.45) is 0 Å². The number of aliphatic carboxylic acids is 1. The number of hydrogen-bond donors (Lipinski definition) is 2. The van der Waals surface area contributed by atoms with Crippen molar-refractivity contribution in [1.82, 2.24) is 10.2 Å². The zero-order chi connectivity index (χ0) is 18.3. The molecule has 1 aromatic heterocycles. The van der Waals surface area contributed by atoms with Gasteiger partial charge in [0.05, 0.1) is 12.5 Å². The zero-order valence-corrected chi connectivity index (χ0v) is 15.2. The Labute approximate surface area is 145 Å². The summed E-state index contributed by atoms with van der Waals surface area (Å²) in [6.45, 7) is 7.11. The number of thiophene rings is 1. The summed E-state index contributed by atoms with van der Waals surface area (Å²) < 4.78 is 5.25. The third-order valence-corrected chi connectivity index (χ3v) is 3.73. The summed E-state index contributed by atoms with van der Waals surface area (Å²) in [5, 5.41) is 15.3. The van der Waals surface area contributed by atoms with E-state index in [2.05, 4.69) is 5.32 Å². The zero-order valence-electron chi connectivity index (χ0n) is 14.4. The topological polar surface area (TPSA) is 95.9 Å². The minimum atomic E-state index is -1.01. The average Bonchev–Trinajstić information content (AvgIpc) is 2.95. The van der Waals surface area contributed by atoms with Gasteiger partial charge in [-0.05, 0) is 50.1 Å². The summed E-state index contributed by atoms with van der Waals surface area (Å²) >= 11 is 1.42. The van der Waals surface area contributed by atoms with Crippen molar-refractivity contribution in [3.8, 4) is 0 Å². The molecule has 8 heteroatoms. The van der Waals surface area contributed by atoms with Crippen LogP contribution in [0.3, 0.4) is 0 Å². The van der Waals surface area contributed by atoms with Crippen molar-refractivity contribution in [2.75, 3.05) is 13.1 Å². The molecule has 1 aromatic rings. The smallest absolute Gasteiger partial charge is 0.410 e. The summed E-state index contributed by atoms with van der Waals surface area (Å²) in [4.78, 5) is 36.5. The van der Waals surface area contributed by atoms with Gasteiger partial charge in [0.15, 0.2) is 0 Å². The highest BCUT2D eigenvalue weighted by molar-refractivity contribution is 7.08.